The lowest BCUT2D eigenvalue weighted by Crippen LogP contribution is -2.45. The summed E-state index contributed by atoms with van der Waals surface area (Å²) < 4.78 is 32.7. The van der Waals surface area contributed by atoms with Crippen LogP contribution in [0.25, 0.3) is 0 Å². The molecular weight excluding hydrogens is 474 g/mol. The molecule has 2 aliphatic rings. The summed E-state index contributed by atoms with van der Waals surface area (Å²) in [7, 11) is -3.51. The van der Waals surface area contributed by atoms with Gasteiger partial charge in [-0.2, -0.15) is 0 Å². The fourth-order valence-corrected chi connectivity index (χ4v) is 6.22. The van der Waals surface area contributed by atoms with Crippen LogP contribution in [0.4, 0.5) is 0 Å². The topological polar surface area (TPSA) is 79.0 Å². The van der Waals surface area contributed by atoms with Crippen LogP contribution in [0.1, 0.15) is 29.5 Å². The number of hydrogen-bond donors (Lipinski definition) is 1. The zero-order valence-electron chi connectivity index (χ0n) is 19.3. The van der Waals surface area contributed by atoms with E-state index in [2.05, 4.69) is 22.3 Å². The predicted octanol–water partition coefficient (Wildman–Crippen LogP) is 3.03. The maximum Gasteiger partial charge on any atom is 0.224 e. The molecule has 2 heterocycles. The highest BCUT2D eigenvalue weighted by Gasteiger charge is 2.32. The summed E-state index contributed by atoms with van der Waals surface area (Å²) in [6.45, 7) is 5.37. The van der Waals surface area contributed by atoms with E-state index in [1.165, 1.54) is 9.87 Å². The van der Waals surface area contributed by atoms with Gasteiger partial charge in [0.25, 0.3) is 0 Å². The molecule has 1 atom stereocenters. The van der Waals surface area contributed by atoms with E-state index in [0.29, 0.717) is 36.5 Å². The number of piperidine rings is 1. The Morgan fingerprint density at radius 2 is 1.76 bits per heavy atom. The Hall–Kier alpha value is -1.97. The van der Waals surface area contributed by atoms with Crippen LogP contribution < -0.4 is 5.32 Å². The standard InChI is InChI=1S/C25H32ClN3O4S/c26-24-8-6-20(7-9-24)19-34(31,32)29-10-2-5-23(18-29)25(30)27-16-21-3-1-4-22(15-21)17-28-11-13-33-14-12-28/h1,3-4,6-9,15,23H,2,5,10-14,16-19H2,(H,27,30)/t23-/m0/s1. The van der Waals surface area contributed by atoms with Crippen LogP contribution in [-0.2, 0) is 38.4 Å². The van der Waals surface area contributed by atoms with E-state index in [1.807, 2.05) is 12.1 Å². The number of hydrogen-bond acceptors (Lipinski definition) is 5. The van der Waals surface area contributed by atoms with Crippen molar-refractivity contribution in [2.24, 2.45) is 5.92 Å². The molecule has 0 aliphatic carbocycles. The van der Waals surface area contributed by atoms with Gasteiger partial charge in [0.2, 0.25) is 15.9 Å². The highest BCUT2D eigenvalue weighted by Crippen LogP contribution is 2.22. The molecule has 1 amide bonds. The molecule has 2 fully saturated rings. The van der Waals surface area contributed by atoms with Gasteiger partial charge in [-0.05, 0) is 41.7 Å². The van der Waals surface area contributed by atoms with Gasteiger partial charge in [0.15, 0.2) is 0 Å². The van der Waals surface area contributed by atoms with Gasteiger partial charge in [0.05, 0.1) is 24.9 Å². The van der Waals surface area contributed by atoms with E-state index in [0.717, 1.165) is 38.4 Å². The van der Waals surface area contributed by atoms with Crippen LogP contribution in [0.15, 0.2) is 48.5 Å². The molecule has 9 heteroatoms. The SMILES string of the molecule is O=C(NCc1cccc(CN2CCOCC2)c1)[C@H]1CCCN(S(=O)(=O)Cc2ccc(Cl)cc2)C1. The summed E-state index contributed by atoms with van der Waals surface area (Å²) >= 11 is 5.90. The van der Waals surface area contributed by atoms with Crippen LogP contribution in [0.3, 0.4) is 0 Å². The monoisotopic (exact) mass is 505 g/mol. The largest absolute Gasteiger partial charge is 0.379 e. The number of benzene rings is 2. The Bertz CT molecular complexity index is 1070. The minimum absolute atomic E-state index is 0.0888. The zero-order chi connectivity index (χ0) is 24.0. The molecular formula is C25H32ClN3O4S. The average molecular weight is 506 g/mol. The number of carbonyl (C=O) groups is 1. The average Bonchev–Trinajstić information content (AvgIpc) is 2.85. The molecule has 0 aromatic heterocycles. The van der Waals surface area contributed by atoms with Crippen LogP contribution >= 0.6 is 11.6 Å². The molecule has 184 valence electrons. The number of carbonyl (C=O) groups excluding carboxylic acids is 1. The maximum absolute atomic E-state index is 12.9. The Kier molecular flexibility index (Phi) is 8.60. The molecule has 0 bridgehead atoms. The second-order valence-corrected chi connectivity index (χ2v) is 11.4. The second-order valence-electron chi connectivity index (χ2n) is 9.01. The molecule has 34 heavy (non-hydrogen) atoms. The van der Waals surface area contributed by atoms with Gasteiger partial charge in [-0.15, -0.1) is 0 Å². The third-order valence-corrected chi connectivity index (χ3v) is 8.45. The van der Waals surface area contributed by atoms with Gasteiger partial charge in [-0.1, -0.05) is 48.0 Å². The van der Waals surface area contributed by atoms with E-state index >= 15 is 0 Å². The van der Waals surface area contributed by atoms with E-state index in [-0.39, 0.29) is 24.1 Å². The highest BCUT2D eigenvalue weighted by molar-refractivity contribution is 7.88. The number of nitrogens with one attached hydrogen (secondary N) is 1. The van der Waals surface area contributed by atoms with Crippen molar-refractivity contribution in [3.8, 4) is 0 Å². The number of nitrogens with zero attached hydrogens (tertiary/aromatic N) is 2. The van der Waals surface area contributed by atoms with Crippen LogP contribution in [0.2, 0.25) is 5.02 Å². The van der Waals surface area contributed by atoms with Gasteiger partial charge in [-0.25, -0.2) is 12.7 Å². The van der Waals surface area contributed by atoms with Crippen molar-refractivity contribution in [3.63, 3.8) is 0 Å². The summed E-state index contributed by atoms with van der Waals surface area (Å²) in [6.07, 6.45) is 1.36. The molecule has 2 aromatic rings. The van der Waals surface area contributed by atoms with E-state index in [1.54, 1.807) is 24.3 Å². The third kappa shape index (κ3) is 7.02. The van der Waals surface area contributed by atoms with Gasteiger partial charge in [0.1, 0.15) is 0 Å². The number of sulfonamides is 1. The van der Waals surface area contributed by atoms with Gasteiger partial charge in [-0.3, -0.25) is 9.69 Å². The van der Waals surface area contributed by atoms with Gasteiger partial charge in [0, 0.05) is 44.3 Å². The number of ether oxygens (including phenoxy) is 1. The normalized spacial score (nSPS) is 20.2. The molecule has 0 spiro atoms. The molecule has 0 saturated carbocycles. The summed E-state index contributed by atoms with van der Waals surface area (Å²) in [5, 5.41) is 3.59. The lowest BCUT2D eigenvalue weighted by atomic mass is 9.98. The van der Waals surface area contributed by atoms with E-state index in [9.17, 15) is 13.2 Å². The summed E-state index contributed by atoms with van der Waals surface area (Å²) in [5.41, 5.74) is 2.95. The minimum atomic E-state index is -3.51. The Morgan fingerprint density at radius 3 is 2.53 bits per heavy atom. The Labute approximate surface area is 207 Å². The van der Waals surface area contributed by atoms with Crippen molar-refractivity contribution >= 4 is 27.5 Å². The molecule has 2 aromatic carbocycles. The first-order chi connectivity index (χ1) is 16.4. The van der Waals surface area contributed by atoms with E-state index < -0.39 is 10.0 Å². The number of rotatable bonds is 8. The van der Waals surface area contributed by atoms with Crippen molar-refractivity contribution in [3.05, 3.63) is 70.2 Å². The smallest absolute Gasteiger partial charge is 0.224 e. The van der Waals surface area contributed by atoms with Crippen LogP contribution in [0.5, 0.6) is 0 Å². The summed E-state index contributed by atoms with van der Waals surface area (Å²) in [4.78, 5) is 15.2. The van der Waals surface area contributed by atoms with Gasteiger partial charge >= 0.3 is 0 Å². The van der Waals surface area contributed by atoms with Crippen molar-refractivity contribution in [2.45, 2.75) is 31.7 Å². The lowest BCUT2D eigenvalue weighted by molar-refractivity contribution is -0.126. The quantitative estimate of drug-likeness (QED) is 0.596. The maximum atomic E-state index is 12.9. The fourth-order valence-electron chi connectivity index (χ4n) is 4.48. The van der Waals surface area contributed by atoms with E-state index in [4.69, 9.17) is 16.3 Å². The molecule has 0 radical (unpaired) electrons. The number of amides is 1. The first-order valence-electron chi connectivity index (χ1n) is 11.8. The Balaban J connectivity index is 1.30. The van der Waals surface area contributed by atoms with Crippen LogP contribution in [0, 0.1) is 5.92 Å². The Morgan fingerprint density at radius 1 is 1.03 bits per heavy atom. The molecule has 0 unspecified atom stereocenters. The van der Waals surface area contributed by atoms with Crippen molar-refractivity contribution < 1.29 is 17.9 Å². The first kappa shape index (κ1) is 25.1. The molecule has 2 aliphatic heterocycles. The molecule has 4 rings (SSSR count). The van der Waals surface area contributed by atoms with Crippen molar-refractivity contribution in [1.82, 2.24) is 14.5 Å². The third-order valence-electron chi connectivity index (χ3n) is 6.38. The van der Waals surface area contributed by atoms with Crippen molar-refractivity contribution in [2.75, 3.05) is 39.4 Å². The fraction of sp³-hybridized carbons (Fsp3) is 0.480. The predicted molar refractivity (Wildman–Crippen MR) is 133 cm³/mol. The summed E-state index contributed by atoms with van der Waals surface area (Å²) in [5.74, 6) is -0.524. The van der Waals surface area contributed by atoms with Crippen LogP contribution in [-0.4, -0.2) is 62.9 Å². The molecule has 7 nitrogen and oxygen atoms in total. The van der Waals surface area contributed by atoms with Crippen molar-refractivity contribution in [1.29, 1.82) is 0 Å². The minimum Gasteiger partial charge on any atom is -0.379 e. The second kappa shape index (κ2) is 11.6. The summed E-state index contributed by atoms with van der Waals surface area (Å²) in [6, 6.07) is 15.1. The molecule has 1 N–H and O–H groups in total. The zero-order valence-corrected chi connectivity index (χ0v) is 20.9. The lowest BCUT2D eigenvalue weighted by Gasteiger charge is -2.31. The first-order valence-corrected chi connectivity index (χ1v) is 13.8. The number of morpholine rings is 1. The number of halogens is 1. The van der Waals surface area contributed by atoms with Gasteiger partial charge < -0.3 is 10.1 Å². The molecule has 2 saturated heterocycles. The highest BCUT2D eigenvalue weighted by atomic mass is 35.5.